The number of rotatable bonds is 11. The number of fused-ring (bicyclic) bond motifs is 1. The molecular formula is C41H45F4N5O4. The number of alkyl halides is 3. The number of carbonyl (C=O) groups excluding carboxylic acids is 1. The molecule has 2 aromatic heterocycles. The highest BCUT2D eigenvalue weighted by Gasteiger charge is 2.32. The fourth-order valence-corrected chi connectivity index (χ4v) is 7.53. The number of ether oxygens (including phenoxy) is 3. The molecule has 3 aliphatic rings. The van der Waals surface area contributed by atoms with E-state index in [0.717, 1.165) is 45.1 Å². The van der Waals surface area contributed by atoms with E-state index >= 15 is 4.39 Å². The van der Waals surface area contributed by atoms with E-state index in [1.165, 1.54) is 10.9 Å². The summed E-state index contributed by atoms with van der Waals surface area (Å²) < 4.78 is 77.3. The molecule has 4 aromatic rings. The molecule has 1 amide bonds. The molecule has 3 aliphatic heterocycles. The smallest absolute Gasteiger partial charge is 0.393 e. The van der Waals surface area contributed by atoms with Gasteiger partial charge in [-0.2, -0.15) is 17.6 Å². The van der Waals surface area contributed by atoms with Crippen molar-refractivity contribution in [1.82, 2.24) is 25.0 Å². The van der Waals surface area contributed by atoms with E-state index in [2.05, 4.69) is 20.3 Å². The third-order valence-corrected chi connectivity index (χ3v) is 10.2. The standard InChI is InChI=1S/C41H45F4N5O4/c42-40-33-24-29(13-15-35(33)50(48-40)38-12-4-5-21-53-38)39(34(25-41(43,44)45)28-8-2-1-3-9-28)30-14-16-37(46-26-30)54-32-10-6-19-49(27-32)20-7-11-36(51)47-31-17-22-52-23-18-31/h1-3,7-9,11,13-16,24,26,31-32,38H,4-6,10,12,17-23,25,27H2,(H,47,51)/b11-7+,39-34-/t32-,38?/m1/s1. The maximum atomic E-state index is 15.5. The Morgan fingerprint density at radius 2 is 1.76 bits per heavy atom. The molecule has 9 nitrogen and oxygen atoms in total. The predicted octanol–water partition coefficient (Wildman–Crippen LogP) is 7.88. The van der Waals surface area contributed by atoms with Gasteiger partial charge < -0.3 is 19.5 Å². The number of piperidine rings is 1. The second kappa shape index (κ2) is 17.3. The van der Waals surface area contributed by atoms with Crippen LogP contribution in [0.5, 0.6) is 5.88 Å². The van der Waals surface area contributed by atoms with Crippen LogP contribution in [0.2, 0.25) is 0 Å². The molecule has 54 heavy (non-hydrogen) atoms. The van der Waals surface area contributed by atoms with Gasteiger partial charge in [-0.25, -0.2) is 9.67 Å². The summed E-state index contributed by atoms with van der Waals surface area (Å²) in [7, 11) is 0. The highest BCUT2D eigenvalue weighted by Crippen LogP contribution is 2.41. The van der Waals surface area contributed by atoms with E-state index in [4.69, 9.17) is 14.2 Å². The SMILES string of the molecule is O=C(/C=C/CN1CCC[C@@H](Oc2ccc(/C(=C(/CC(F)(F)F)c3ccccc3)c3ccc4c(c3)c(F)nn4C3CCCCO3)cn2)C1)NC1CCOCC1. The van der Waals surface area contributed by atoms with E-state index < -0.39 is 24.8 Å². The minimum absolute atomic E-state index is 0.0405. The fraction of sp³-hybridized carbons (Fsp3) is 0.439. The predicted molar refractivity (Wildman–Crippen MR) is 197 cm³/mol. The van der Waals surface area contributed by atoms with Gasteiger partial charge in [0.15, 0.2) is 6.23 Å². The number of pyridine rings is 1. The molecular weight excluding hydrogens is 702 g/mol. The van der Waals surface area contributed by atoms with Gasteiger partial charge in [-0.1, -0.05) is 42.5 Å². The second-order valence-corrected chi connectivity index (χ2v) is 14.1. The molecule has 286 valence electrons. The Balaban J connectivity index is 1.12. The first-order valence-corrected chi connectivity index (χ1v) is 18.8. The van der Waals surface area contributed by atoms with Crippen molar-refractivity contribution in [2.75, 3.05) is 39.5 Å². The van der Waals surface area contributed by atoms with Crippen LogP contribution in [-0.4, -0.2) is 83.3 Å². The number of benzene rings is 2. The van der Waals surface area contributed by atoms with Crippen molar-refractivity contribution >= 4 is 28.0 Å². The van der Waals surface area contributed by atoms with Crippen LogP contribution in [-0.2, 0) is 14.3 Å². The van der Waals surface area contributed by atoms with Crippen LogP contribution in [0.15, 0.2) is 79.0 Å². The Hall–Kier alpha value is -4.59. The van der Waals surface area contributed by atoms with Crippen molar-refractivity contribution in [2.45, 2.75) is 75.9 Å². The number of amides is 1. The number of nitrogens with one attached hydrogen (secondary N) is 1. The van der Waals surface area contributed by atoms with Crippen molar-refractivity contribution in [3.05, 3.63) is 102 Å². The minimum Gasteiger partial charge on any atom is -0.473 e. The molecule has 1 unspecified atom stereocenters. The lowest BCUT2D eigenvalue weighted by atomic mass is 9.88. The Morgan fingerprint density at radius 1 is 0.944 bits per heavy atom. The van der Waals surface area contributed by atoms with Gasteiger partial charge in [0.05, 0.1) is 17.3 Å². The van der Waals surface area contributed by atoms with E-state index in [1.54, 1.807) is 66.7 Å². The van der Waals surface area contributed by atoms with Gasteiger partial charge in [-0.05, 0) is 92.0 Å². The first kappa shape index (κ1) is 37.7. The quantitative estimate of drug-likeness (QED) is 0.0949. The molecule has 2 atom stereocenters. The largest absolute Gasteiger partial charge is 0.473 e. The molecule has 0 radical (unpaired) electrons. The van der Waals surface area contributed by atoms with Gasteiger partial charge in [-0.15, -0.1) is 5.10 Å². The third-order valence-electron chi connectivity index (χ3n) is 10.2. The first-order chi connectivity index (χ1) is 26.2. The molecule has 3 saturated heterocycles. The van der Waals surface area contributed by atoms with Crippen LogP contribution in [0.4, 0.5) is 17.6 Å². The lowest BCUT2D eigenvalue weighted by Gasteiger charge is -2.31. The van der Waals surface area contributed by atoms with Crippen LogP contribution < -0.4 is 10.1 Å². The van der Waals surface area contributed by atoms with E-state index in [1.807, 2.05) is 6.08 Å². The molecule has 0 spiro atoms. The van der Waals surface area contributed by atoms with Crippen LogP contribution >= 0.6 is 0 Å². The highest BCUT2D eigenvalue weighted by atomic mass is 19.4. The zero-order chi connectivity index (χ0) is 37.5. The van der Waals surface area contributed by atoms with Gasteiger partial charge in [0.2, 0.25) is 17.7 Å². The molecule has 0 saturated carbocycles. The summed E-state index contributed by atoms with van der Waals surface area (Å²) in [4.78, 5) is 19.1. The van der Waals surface area contributed by atoms with Crippen molar-refractivity contribution in [3.8, 4) is 5.88 Å². The van der Waals surface area contributed by atoms with Crippen molar-refractivity contribution < 1.29 is 36.6 Å². The topological polar surface area (TPSA) is 90.7 Å². The maximum absolute atomic E-state index is 15.5. The highest BCUT2D eigenvalue weighted by molar-refractivity contribution is 6.00. The van der Waals surface area contributed by atoms with E-state index in [-0.39, 0.29) is 34.6 Å². The number of halogens is 4. The van der Waals surface area contributed by atoms with Crippen molar-refractivity contribution in [1.29, 1.82) is 0 Å². The molecule has 2 aromatic carbocycles. The number of aromatic nitrogens is 3. The molecule has 0 aliphatic carbocycles. The Kier molecular flexibility index (Phi) is 12.1. The zero-order valence-electron chi connectivity index (χ0n) is 30.1. The van der Waals surface area contributed by atoms with Crippen LogP contribution in [0, 0.1) is 5.95 Å². The number of carbonyl (C=O) groups is 1. The number of hydrogen-bond acceptors (Lipinski definition) is 7. The number of likely N-dealkylation sites (tertiary alicyclic amines) is 1. The van der Waals surface area contributed by atoms with Crippen molar-refractivity contribution in [3.63, 3.8) is 0 Å². The second-order valence-electron chi connectivity index (χ2n) is 14.1. The first-order valence-electron chi connectivity index (χ1n) is 18.8. The van der Waals surface area contributed by atoms with E-state index in [0.29, 0.717) is 67.4 Å². The van der Waals surface area contributed by atoms with Gasteiger partial charge in [-0.3, -0.25) is 9.69 Å². The number of hydrogen-bond donors (Lipinski definition) is 1. The van der Waals surface area contributed by atoms with Crippen LogP contribution in [0.25, 0.3) is 22.0 Å². The number of allylic oxidation sites excluding steroid dienone is 1. The summed E-state index contributed by atoms with van der Waals surface area (Å²) in [6, 6.07) is 16.9. The Morgan fingerprint density at radius 3 is 2.50 bits per heavy atom. The van der Waals surface area contributed by atoms with Crippen LogP contribution in [0.1, 0.15) is 74.3 Å². The lowest BCUT2D eigenvalue weighted by Crippen LogP contribution is -2.41. The number of nitrogens with zero attached hydrogens (tertiary/aromatic N) is 4. The average Bonchev–Trinajstić information content (AvgIpc) is 3.51. The average molecular weight is 748 g/mol. The summed E-state index contributed by atoms with van der Waals surface area (Å²) in [5.41, 5.74) is 2.08. The van der Waals surface area contributed by atoms with Crippen LogP contribution in [0.3, 0.4) is 0 Å². The maximum Gasteiger partial charge on any atom is 0.393 e. The molecule has 3 fully saturated rings. The Labute approximate surface area is 312 Å². The molecule has 13 heteroatoms. The van der Waals surface area contributed by atoms with Crippen molar-refractivity contribution in [2.24, 2.45) is 0 Å². The molecule has 7 rings (SSSR count). The van der Waals surface area contributed by atoms with E-state index in [9.17, 15) is 18.0 Å². The normalized spacial score (nSPS) is 21.0. The summed E-state index contributed by atoms with van der Waals surface area (Å²) >= 11 is 0. The van der Waals surface area contributed by atoms with Gasteiger partial charge in [0.1, 0.15) is 6.10 Å². The monoisotopic (exact) mass is 747 g/mol. The van der Waals surface area contributed by atoms with Gasteiger partial charge in [0, 0.05) is 62.9 Å². The zero-order valence-corrected chi connectivity index (χ0v) is 30.1. The summed E-state index contributed by atoms with van der Waals surface area (Å²) in [5, 5.41) is 7.37. The van der Waals surface area contributed by atoms with Gasteiger partial charge >= 0.3 is 6.18 Å². The minimum atomic E-state index is -4.53. The summed E-state index contributed by atoms with van der Waals surface area (Å²) in [6.45, 7) is 3.97. The third kappa shape index (κ3) is 9.55. The van der Waals surface area contributed by atoms with Gasteiger partial charge in [0.25, 0.3) is 0 Å². The summed E-state index contributed by atoms with van der Waals surface area (Å²) in [6.07, 6.45) is 4.56. The lowest BCUT2D eigenvalue weighted by molar-refractivity contribution is -0.123. The Bertz CT molecular complexity index is 1930. The molecule has 1 N–H and O–H groups in total. The summed E-state index contributed by atoms with van der Waals surface area (Å²) in [5.74, 6) is -0.470. The molecule has 0 bridgehead atoms. The fourth-order valence-electron chi connectivity index (χ4n) is 7.53. The molecule has 5 heterocycles.